The minimum atomic E-state index is -1.20. The molecule has 0 saturated heterocycles. The first-order valence-corrected chi connectivity index (χ1v) is 8.27. The van der Waals surface area contributed by atoms with Crippen molar-refractivity contribution in [3.05, 3.63) is 28.2 Å². The minimum absolute atomic E-state index is 0.256. The van der Waals surface area contributed by atoms with Gasteiger partial charge in [0.1, 0.15) is 5.00 Å². The molecule has 2 N–H and O–H groups in total. The largest absolute Gasteiger partial charge is 0.478 e. The van der Waals surface area contributed by atoms with Crippen molar-refractivity contribution in [2.75, 3.05) is 11.9 Å². The van der Waals surface area contributed by atoms with Crippen molar-refractivity contribution >= 4 is 34.2 Å². The van der Waals surface area contributed by atoms with Crippen molar-refractivity contribution in [3.63, 3.8) is 0 Å². The van der Waals surface area contributed by atoms with Crippen LogP contribution in [0.3, 0.4) is 0 Å². The van der Waals surface area contributed by atoms with Crippen molar-refractivity contribution in [2.24, 2.45) is 5.92 Å². The predicted molar refractivity (Wildman–Crippen MR) is 86.9 cm³/mol. The van der Waals surface area contributed by atoms with E-state index in [1.165, 1.54) is 11.3 Å². The van der Waals surface area contributed by atoms with Crippen LogP contribution in [-0.2, 0) is 27.2 Å². The predicted octanol–water partition coefficient (Wildman–Crippen LogP) is 2.63. The van der Waals surface area contributed by atoms with Gasteiger partial charge in [-0.05, 0) is 37.7 Å². The molecule has 0 aromatic carbocycles. The lowest BCUT2D eigenvalue weighted by Gasteiger charge is -2.18. The molecular formula is C16H19NO5S. The number of nitrogens with one attached hydrogen (secondary N) is 1. The fourth-order valence-electron chi connectivity index (χ4n) is 2.56. The summed E-state index contributed by atoms with van der Waals surface area (Å²) in [5.41, 5.74) is 1.36. The number of rotatable bonds is 5. The smallest absolute Gasteiger partial charge is 0.341 e. The molecule has 2 rings (SSSR count). The molecule has 0 saturated carbocycles. The first-order chi connectivity index (χ1) is 10.9. The van der Waals surface area contributed by atoms with Gasteiger partial charge in [-0.15, -0.1) is 11.3 Å². The summed E-state index contributed by atoms with van der Waals surface area (Å²) in [7, 11) is 0. The van der Waals surface area contributed by atoms with Gasteiger partial charge in [-0.25, -0.2) is 9.59 Å². The summed E-state index contributed by atoms with van der Waals surface area (Å²) in [4.78, 5) is 35.6. The Bertz CT molecular complexity index is 662. The Morgan fingerprint density at radius 3 is 2.78 bits per heavy atom. The van der Waals surface area contributed by atoms with E-state index in [1.807, 2.05) is 0 Å². The third-order valence-electron chi connectivity index (χ3n) is 3.61. The van der Waals surface area contributed by atoms with Crippen LogP contribution in [-0.4, -0.2) is 29.6 Å². The topological polar surface area (TPSA) is 92.7 Å². The second-order valence-corrected chi connectivity index (χ2v) is 6.54. The number of amides is 1. The molecule has 0 radical (unpaired) electrons. The van der Waals surface area contributed by atoms with Crippen molar-refractivity contribution in [3.8, 4) is 0 Å². The monoisotopic (exact) mass is 337 g/mol. The summed E-state index contributed by atoms with van der Waals surface area (Å²) in [6.07, 6.45) is 4.32. The molecule has 124 valence electrons. The number of hydrogen-bond acceptors (Lipinski definition) is 5. The number of carbonyl (C=O) groups excluding carboxylic acids is 2. The van der Waals surface area contributed by atoms with E-state index in [-0.39, 0.29) is 6.61 Å². The first kappa shape index (κ1) is 17.2. The van der Waals surface area contributed by atoms with Crippen molar-refractivity contribution in [2.45, 2.75) is 33.1 Å². The molecule has 1 heterocycles. The molecule has 0 unspecified atom stereocenters. The summed E-state index contributed by atoms with van der Waals surface area (Å²) in [5.74, 6) is -1.70. The van der Waals surface area contributed by atoms with E-state index >= 15 is 0 Å². The van der Waals surface area contributed by atoms with Gasteiger partial charge in [-0.2, -0.15) is 0 Å². The third kappa shape index (κ3) is 4.19. The molecular weight excluding hydrogens is 318 g/mol. The van der Waals surface area contributed by atoms with E-state index < -0.39 is 17.8 Å². The van der Waals surface area contributed by atoms with E-state index in [9.17, 15) is 14.4 Å². The van der Waals surface area contributed by atoms with Crippen LogP contribution < -0.4 is 5.32 Å². The van der Waals surface area contributed by atoms with Crippen LogP contribution in [0.2, 0.25) is 0 Å². The maximum absolute atomic E-state index is 12.2. The Balaban J connectivity index is 2.32. The highest BCUT2D eigenvalue weighted by molar-refractivity contribution is 7.17. The summed E-state index contributed by atoms with van der Waals surface area (Å²) >= 11 is 1.37. The Hall–Kier alpha value is -2.15. The van der Waals surface area contributed by atoms with Crippen molar-refractivity contribution in [1.82, 2.24) is 0 Å². The van der Waals surface area contributed by atoms with Gasteiger partial charge in [0.2, 0.25) is 5.91 Å². The number of anilines is 1. The second kappa shape index (κ2) is 7.41. The number of ether oxygens (including phenoxy) is 1. The van der Waals surface area contributed by atoms with Gasteiger partial charge >= 0.3 is 11.9 Å². The van der Waals surface area contributed by atoms with E-state index in [4.69, 9.17) is 9.84 Å². The van der Waals surface area contributed by atoms with E-state index in [0.29, 0.717) is 16.5 Å². The SMILES string of the molecule is CCOC(=O)c1c(NC(=O)C=CC(=O)O)sc2c1CC[C@H](C)C2. The third-order valence-corrected chi connectivity index (χ3v) is 4.78. The highest BCUT2D eigenvalue weighted by atomic mass is 32.1. The highest BCUT2D eigenvalue weighted by Gasteiger charge is 2.28. The van der Waals surface area contributed by atoms with Crippen molar-refractivity contribution < 1.29 is 24.2 Å². The molecule has 0 bridgehead atoms. The molecule has 1 aromatic heterocycles. The average Bonchev–Trinajstić information content (AvgIpc) is 2.82. The zero-order valence-corrected chi connectivity index (χ0v) is 13.9. The zero-order valence-electron chi connectivity index (χ0n) is 13.0. The van der Waals surface area contributed by atoms with Crippen LogP contribution in [0.4, 0.5) is 5.00 Å². The Labute approximate surface area is 138 Å². The molecule has 1 aliphatic rings. The lowest BCUT2D eigenvalue weighted by molar-refractivity contribution is -0.131. The van der Waals surface area contributed by atoms with E-state index in [1.54, 1.807) is 6.92 Å². The second-order valence-electron chi connectivity index (χ2n) is 5.44. The number of thiophene rings is 1. The molecule has 1 aliphatic carbocycles. The van der Waals surface area contributed by atoms with Gasteiger partial charge in [0.05, 0.1) is 12.2 Å². The van der Waals surface area contributed by atoms with Gasteiger partial charge in [-0.1, -0.05) is 6.92 Å². The van der Waals surface area contributed by atoms with Crippen LogP contribution in [0.1, 0.15) is 41.1 Å². The van der Waals surface area contributed by atoms with E-state index in [0.717, 1.165) is 41.9 Å². The Morgan fingerprint density at radius 1 is 1.39 bits per heavy atom. The average molecular weight is 337 g/mol. The summed E-state index contributed by atoms with van der Waals surface area (Å²) in [5, 5.41) is 11.6. The number of carbonyl (C=O) groups is 3. The number of carboxylic acids is 1. The first-order valence-electron chi connectivity index (χ1n) is 7.46. The molecule has 23 heavy (non-hydrogen) atoms. The molecule has 0 fully saturated rings. The van der Waals surface area contributed by atoms with E-state index in [2.05, 4.69) is 12.2 Å². The Kier molecular flexibility index (Phi) is 5.54. The number of esters is 1. The minimum Gasteiger partial charge on any atom is -0.478 e. The van der Waals surface area contributed by atoms with Gasteiger partial charge in [0.25, 0.3) is 0 Å². The zero-order chi connectivity index (χ0) is 17.0. The summed E-state index contributed by atoms with van der Waals surface area (Å²) < 4.78 is 5.10. The molecule has 0 spiro atoms. The van der Waals surface area contributed by atoms with Crippen LogP contribution in [0.25, 0.3) is 0 Å². The standard InChI is InChI=1S/C16H19NO5S/c1-3-22-16(21)14-10-5-4-9(2)8-11(10)23-15(14)17-12(18)6-7-13(19)20/h6-7,9H,3-5,8H2,1-2H3,(H,17,18)(H,19,20)/t9-/m0/s1. The van der Waals surface area contributed by atoms with Gasteiger partial charge in [0, 0.05) is 17.0 Å². The van der Waals surface area contributed by atoms with Crippen LogP contribution in [0, 0.1) is 5.92 Å². The quantitative estimate of drug-likeness (QED) is 0.636. The molecule has 7 heteroatoms. The lowest BCUT2D eigenvalue weighted by atomic mass is 9.88. The maximum Gasteiger partial charge on any atom is 0.341 e. The van der Waals surface area contributed by atoms with Crippen LogP contribution >= 0.6 is 11.3 Å². The number of hydrogen-bond donors (Lipinski definition) is 2. The van der Waals surface area contributed by atoms with Gasteiger partial charge in [0.15, 0.2) is 0 Å². The molecule has 1 atom stereocenters. The number of aliphatic carboxylic acids is 1. The summed E-state index contributed by atoms with van der Waals surface area (Å²) in [6.45, 7) is 4.14. The van der Waals surface area contributed by atoms with Crippen LogP contribution in [0.15, 0.2) is 12.2 Å². The van der Waals surface area contributed by atoms with Crippen LogP contribution in [0.5, 0.6) is 0 Å². The van der Waals surface area contributed by atoms with Gasteiger partial charge in [-0.3, -0.25) is 4.79 Å². The summed E-state index contributed by atoms with van der Waals surface area (Å²) in [6, 6.07) is 0. The van der Waals surface area contributed by atoms with Crippen molar-refractivity contribution in [1.29, 1.82) is 0 Å². The lowest BCUT2D eigenvalue weighted by Crippen LogP contribution is -2.15. The Morgan fingerprint density at radius 2 is 2.13 bits per heavy atom. The molecule has 1 amide bonds. The molecule has 6 nitrogen and oxygen atoms in total. The normalized spacial score (nSPS) is 16.9. The molecule has 0 aliphatic heterocycles. The maximum atomic E-state index is 12.2. The highest BCUT2D eigenvalue weighted by Crippen LogP contribution is 2.40. The fourth-order valence-corrected chi connectivity index (χ4v) is 3.96. The molecule has 1 aromatic rings. The number of carboxylic acid groups (broad SMARTS) is 1. The fraction of sp³-hybridized carbons (Fsp3) is 0.438. The number of fused-ring (bicyclic) bond motifs is 1. The van der Waals surface area contributed by atoms with Gasteiger partial charge < -0.3 is 15.2 Å².